The molecule has 1 aromatic heterocycles. The van der Waals surface area contributed by atoms with Crippen molar-refractivity contribution < 1.29 is 4.79 Å². The van der Waals surface area contributed by atoms with Crippen molar-refractivity contribution in [3.63, 3.8) is 0 Å². The van der Waals surface area contributed by atoms with Gasteiger partial charge in [0.25, 0.3) is 0 Å². The van der Waals surface area contributed by atoms with Crippen LogP contribution in [-0.2, 0) is 17.8 Å². The molecule has 1 fully saturated rings. The number of aromatic nitrogens is 2. The average molecular weight is 417 g/mol. The minimum atomic E-state index is 0.122. The molecule has 7 heteroatoms. The van der Waals surface area contributed by atoms with Crippen LogP contribution in [-0.4, -0.2) is 46.2 Å². The number of benzene rings is 1. The third-order valence-electron chi connectivity index (χ3n) is 5.58. The van der Waals surface area contributed by atoms with Gasteiger partial charge < -0.3 is 9.80 Å². The van der Waals surface area contributed by atoms with Crippen LogP contribution in [0.3, 0.4) is 0 Å². The molecule has 0 N–H and O–H groups in total. The fourth-order valence-corrected chi connectivity index (χ4v) is 4.76. The van der Waals surface area contributed by atoms with E-state index in [1.807, 2.05) is 17.0 Å². The first-order valence-electron chi connectivity index (χ1n) is 9.85. The van der Waals surface area contributed by atoms with Gasteiger partial charge in [0.05, 0.1) is 5.75 Å². The maximum absolute atomic E-state index is 12.7. The number of hydrogen-bond donors (Lipinski definition) is 0. The second-order valence-corrected chi connectivity index (χ2v) is 8.95. The molecule has 0 unspecified atom stereocenters. The van der Waals surface area contributed by atoms with Gasteiger partial charge in [0.1, 0.15) is 11.0 Å². The van der Waals surface area contributed by atoms with Crippen LogP contribution in [0.2, 0.25) is 5.15 Å². The summed E-state index contributed by atoms with van der Waals surface area (Å²) in [6.07, 6.45) is 3.25. The minimum Gasteiger partial charge on any atom is -0.356 e. The molecule has 28 heavy (non-hydrogen) atoms. The fraction of sp³-hybridized carbons (Fsp3) is 0.476. The molecule has 2 aliphatic rings. The van der Waals surface area contributed by atoms with Crippen LogP contribution in [0.5, 0.6) is 0 Å². The summed E-state index contributed by atoms with van der Waals surface area (Å²) in [5, 5.41) is 1.01. The molecular weight excluding hydrogens is 392 g/mol. The highest BCUT2D eigenvalue weighted by Crippen LogP contribution is 2.26. The van der Waals surface area contributed by atoms with E-state index in [1.54, 1.807) is 0 Å². The highest BCUT2D eigenvalue weighted by atomic mass is 35.5. The van der Waals surface area contributed by atoms with Crippen LogP contribution in [0.25, 0.3) is 0 Å². The Balaban J connectivity index is 1.37. The number of halogens is 1. The molecule has 1 saturated heterocycles. The lowest BCUT2D eigenvalue weighted by Gasteiger charge is -2.31. The van der Waals surface area contributed by atoms with Gasteiger partial charge in [0, 0.05) is 32.2 Å². The van der Waals surface area contributed by atoms with E-state index < -0.39 is 0 Å². The van der Waals surface area contributed by atoms with Crippen molar-refractivity contribution in [1.29, 1.82) is 0 Å². The van der Waals surface area contributed by atoms with E-state index >= 15 is 0 Å². The number of amides is 1. The normalized spacial score (nSPS) is 17.5. The number of rotatable bonds is 4. The number of thioether (sulfide) groups is 1. The first-order chi connectivity index (χ1) is 13.6. The summed E-state index contributed by atoms with van der Waals surface area (Å²) in [7, 11) is 0. The van der Waals surface area contributed by atoms with Crippen LogP contribution in [0.15, 0.2) is 35.5 Å². The maximum atomic E-state index is 12.7. The Kier molecular flexibility index (Phi) is 6.07. The van der Waals surface area contributed by atoms with Crippen LogP contribution in [0.4, 0.5) is 5.82 Å². The van der Waals surface area contributed by atoms with Gasteiger partial charge in [-0.15, -0.1) is 0 Å². The number of fused-ring (bicyclic) bond motifs is 1. The Morgan fingerprint density at radius 1 is 1.18 bits per heavy atom. The van der Waals surface area contributed by atoms with Crippen LogP contribution in [0.1, 0.15) is 30.9 Å². The molecule has 2 aromatic rings. The molecular formula is C21H25ClN4OS. The van der Waals surface area contributed by atoms with Gasteiger partial charge in [-0.25, -0.2) is 9.97 Å². The number of anilines is 1. The first-order valence-corrected chi connectivity index (χ1v) is 11.2. The van der Waals surface area contributed by atoms with Crippen molar-refractivity contribution in [2.75, 3.05) is 30.3 Å². The Bertz CT molecular complexity index is 854. The molecule has 0 atom stereocenters. The van der Waals surface area contributed by atoms with E-state index in [1.165, 1.54) is 35.7 Å². The fourth-order valence-electron chi connectivity index (χ4n) is 3.78. The summed E-state index contributed by atoms with van der Waals surface area (Å²) < 4.78 is 0. The zero-order valence-electron chi connectivity index (χ0n) is 16.1. The largest absolute Gasteiger partial charge is 0.356 e. The second-order valence-electron chi connectivity index (χ2n) is 7.62. The standard InChI is InChI=1S/C21H25ClN4OS/c1-15-6-9-25(10-7-15)19-12-18(22)23-21(24-19)28-14-20(27)26-11-8-16-4-2-3-5-17(16)13-26/h2-5,12,15H,6-11,13-14H2,1H3. The summed E-state index contributed by atoms with van der Waals surface area (Å²) in [6.45, 7) is 5.72. The number of nitrogens with zero attached hydrogens (tertiary/aromatic N) is 4. The van der Waals surface area contributed by atoms with Crippen molar-refractivity contribution in [3.8, 4) is 0 Å². The third kappa shape index (κ3) is 4.61. The summed E-state index contributed by atoms with van der Waals surface area (Å²) >= 11 is 7.60. The predicted octanol–water partition coefficient (Wildman–Crippen LogP) is 4.04. The van der Waals surface area contributed by atoms with Crippen molar-refractivity contribution >= 4 is 35.1 Å². The van der Waals surface area contributed by atoms with Gasteiger partial charge in [-0.3, -0.25) is 4.79 Å². The number of hydrogen-bond acceptors (Lipinski definition) is 5. The molecule has 0 aliphatic carbocycles. The van der Waals surface area contributed by atoms with Gasteiger partial charge in [-0.2, -0.15) is 0 Å². The Morgan fingerprint density at radius 2 is 1.93 bits per heavy atom. The second kappa shape index (κ2) is 8.70. The smallest absolute Gasteiger partial charge is 0.233 e. The van der Waals surface area contributed by atoms with E-state index in [4.69, 9.17) is 11.6 Å². The SMILES string of the molecule is CC1CCN(c2cc(Cl)nc(SCC(=O)N3CCc4ccccc4C3)n2)CC1. The van der Waals surface area contributed by atoms with Crippen molar-refractivity contribution in [2.24, 2.45) is 5.92 Å². The zero-order chi connectivity index (χ0) is 19.5. The van der Waals surface area contributed by atoms with Gasteiger partial charge in [0.2, 0.25) is 5.91 Å². The monoisotopic (exact) mass is 416 g/mol. The summed E-state index contributed by atoms with van der Waals surface area (Å²) in [5.41, 5.74) is 2.59. The first kappa shape index (κ1) is 19.5. The lowest BCUT2D eigenvalue weighted by molar-refractivity contribution is -0.129. The zero-order valence-corrected chi connectivity index (χ0v) is 17.7. The highest BCUT2D eigenvalue weighted by Gasteiger charge is 2.22. The van der Waals surface area contributed by atoms with Crippen LogP contribution in [0, 0.1) is 5.92 Å². The van der Waals surface area contributed by atoms with Crippen LogP contribution < -0.4 is 4.90 Å². The molecule has 0 radical (unpaired) electrons. The summed E-state index contributed by atoms with van der Waals surface area (Å²) in [5.74, 6) is 2.08. The average Bonchev–Trinajstić information content (AvgIpc) is 2.72. The third-order valence-corrected chi connectivity index (χ3v) is 6.60. The van der Waals surface area contributed by atoms with Crippen molar-refractivity contribution in [2.45, 2.75) is 37.9 Å². The molecule has 4 rings (SSSR count). The van der Waals surface area contributed by atoms with E-state index in [9.17, 15) is 4.79 Å². The predicted molar refractivity (Wildman–Crippen MR) is 114 cm³/mol. The maximum Gasteiger partial charge on any atom is 0.233 e. The summed E-state index contributed by atoms with van der Waals surface area (Å²) in [4.78, 5) is 25.9. The van der Waals surface area contributed by atoms with Crippen molar-refractivity contribution in [3.05, 3.63) is 46.6 Å². The van der Waals surface area contributed by atoms with E-state index in [0.717, 1.165) is 37.8 Å². The van der Waals surface area contributed by atoms with Gasteiger partial charge in [0.15, 0.2) is 5.16 Å². The molecule has 0 spiro atoms. The van der Waals surface area contributed by atoms with Crippen molar-refractivity contribution in [1.82, 2.24) is 14.9 Å². The lowest BCUT2D eigenvalue weighted by Crippen LogP contribution is -2.37. The number of carbonyl (C=O) groups excluding carboxylic acids is 1. The highest BCUT2D eigenvalue weighted by molar-refractivity contribution is 7.99. The summed E-state index contributed by atoms with van der Waals surface area (Å²) in [6, 6.07) is 10.2. The topological polar surface area (TPSA) is 49.3 Å². The molecule has 148 valence electrons. The van der Waals surface area contributed by atoms with Gasteiger partial charge in [-0.1, -0.05) is 54.6 Å². The lowest BCUT2D eigenvalue weighted by atomic mass is 9.99. The molecule has 1 amide bonds. The quantitative estimate of drug-likeness (QED) is 0.427. The molecule has 5 nitrogen and oxygen atoms in total. The Labute approximate surface area is 175 Å². The Morgan fingerprint density at radius 3 is 2.71 bits per heavy atom. The minimum absolute atomic E-state index is 0.122. The Hall–Kier alpha value is -1.79. The van der Waals surface area contributed by atoms with E-state index in [2.05, 4.69) is 40.0 Å². The molecule has 2 aliphatic heterocycles. The molecule has 0 bridgehead atoms. The molecule has 3 heterocycles. The number of piperidine rings is 1. The van der Waals surface area contributed by atoms with Gasteiger partial charge >= 0.3 is 0 Å². The van der Waals surface area contributed by atoms with E-state index in [-0.39, 0.29) is 5.91 Å². The van der Waals surface area contributed by atoms with Gasteiger partial charge in [-0.05, 0) is 36.3 Å². The van der Waals surface area contributed by atoms with E-state index in [0.29, 0.717) is 22.6 Å². The molecule has 1 aromatic carbocycles. The molecule has 0 saturated carbocycles. The number of carbonyl (C=O) groups is 1. The van der Waals surface area contributed by atoms with Crippen LogP contribution >= 0.6 is 23.4 Å².